The van der Waals surface area contributed by atoms with Gasteiger partial charge in [-0.2, -0.15) is 13.2 Å². The number of nitrogens with two attached hydrogens (primary N) is 1. The fraction of sp³-hybridized carbons (Fsp3) is 0.281. The van der Waals surface area contributed by atoms with Gasteiger partial charge in [0.25, 0.3) is 0 Å². The number of fused-ring (bicyclic) bond motifs is 1. The highest BCUT2D eigenvalue weighted by Gasteiger charge is 2.38. The van der Waals surface area contributed by atoms with Crippen LogP contribution in [0.2, 0.25) is 0 Å². The Balaban J connectivity index is 0.000000771. The van der Waals surface area contributed by atoms with E-state index in [1.54, 1.807) is 36.5 Å². The van der Waals surface area contributed by atoms with E-state index >= 15 is 0 Å². The van der Waals surface area contributed by atoms with Crippen molar-refractivity contribution in [2.45, 2.75) is 50.5 Å². The second kappa shape index (κ2) is 15.5. The van der Waals surface area contributed by atoms with Crippen LogP contribution in [0.25, 0.3) is 10.8 Å². The van der Waals surface area contributed by atoms with Gasteiger partial charge >= 0.3 is 12.1 Å². The first kappa shape index (κ1) is 36.4. The number of hydrogen-bond donors (Lipinski definition) is 4. The summed E-state index contributed by atoms with van der Waals surface area (Å²) in [5.41, 5.74) is 8.05. The van der Waals surface area contributed by atoms with Crippen LogP contribution in [0.3, 0.4) is 0 Å². The molecule has 4 rings (SSSR count). The minimum Gasteiger partial charge on any atom is -0.490 e. The predicted molar refractivity (Wildman–Crippen MR) is 171 cm³/mol. The van der Waals surface area contributed by atoms with E-state index in [4.69, 9.17) is 25.1 Å². The van der Waals surface area contributed by atoms with Crippen molar-refractivity contribution in [3.8, 4) is 11.5 Å². The molecule has 15 heteroatoms. The van der Waals surface area contributed by atoms with Crippen molar-refractivity contribution in [1.29, 1.82) is 0 Å². The van der Waals surface area contributed by atoms with E-state index in [0.29, 0.717) is 40.7 Å². The number of hydrogen-bond acceptors (Lipinski definition) is 9. The van der Waals surface area contributed by atoms with Crippen LogP contribution in [0.1, 0.15) is 37.9 Å². The van der Waals surface area contributed by atoms with E-state index in [2.05, 4.69) is 15.6 Å². The zero-order chi connectivity index (χ0) is 34.9. The van der Waals surface area contributed by atoms with Gasteiger partial charge in [0.15, 0.2) is 21.3 Å². The number of pyridine rings is 1. The Bertz CT molecular complexity index is 1830. The quantitative estimate of drug-likeness (QED) is 0.159. The molecule has 1 amide bonds. The average molecular weight is 677 g/mol. The third-order valence-corrected chi connectivity index (χ3v) is 7.48. The van der Waals surface area contributed by atoms with E-state index in [0.717, 1.165) is 17.0 Å². The van der Waals surface area contributed by atoms with Gasteiger partial charge in [-0.1, -0.05) is 18.2 Å². The van der Waals surface area contributed by atoms with Crippen molar-refractivity contribution in [2.24, 2.45) is 0 Å². The van der Waals surface area contributed by atoms with Gasteiger partial charge in [-0.25, -0.2) is 18.2 Å². The number of alkyl halides is 3. The van der Waals surface area contributed by atoms with Gasteiger partial charge in [-0.15, -0.1) is 0 Å². The number of rotatable bonds is 11. The molecule has 1 aromatic heterocycles. The summed E-state index contributed by atoms with van der Waals surface area (Å²) in [6.45, 7) is 6.32. The fourth-order valence-electron chi connectivity index (χ4n) is 4.26. The van der Waals surface area contributed by atoms with Crippen molar-refractivity contribution in [2.75, 3.05) is 23.9 Å². The lowest BCUT2D eigenvalue weighted by Gasteiger charge is -2.22. The zero-order valence-electron chi connectivity index (χ0n) is 26.0. The number of nitrogens with one attached hydrogen (secondary N) is 2. The van der Waals surface area contributed by atoms with Crippen LogP contribution in [-0.2, 0) is 26.0 Å². The molecule has 0 radical (unpaired) electrons. The highest BCUT2D eigenvalue weighted by atomic mass is 32.2. The summed E-state index contributed by atoms with van der Waals surface area (Å²) < 4.78 is 67.4. The second-order valence-electron chi connectivity index (χ2n) is 10.5. The molecule has 0 aliphatic carbocycles. The molecule has 0 fully saturated rings. The van der Waals surface area contributed by atoms with Crippen LogP contribution in [0, 0.1) is 0 Å². The molecule has 0 bridgehead atoms. The SMILES string of the molecule is CCOc1cc(C(Nc2ccc3c(N)nccc3c2)C(=O)NCc2cccc(S(C)(=O)=O)c2)ccc1OC(C)C.O=C(O)C(F)(F)F. The number of amides is 1. The van der Waals surface area contributed by atoms with Crippen molar-refractivity contribution >= 4 is 44.0 Å². The average Bonchev–Trinajstić information content (AvgIpc) is 2.99. The van der Waals surface area contributed by atoms with Crippen molar-refractivity contribution in [1.82, 2.24) is 10.3 Å². The Kier molecular flexibility index (Phi) is 12.0. The Hall–Kier alpha value is -5.05. The summed E-state index contributed by atoms with van der Waals surface area (Å²) in [6, 6.07) is 18.6. The van der Waals surface area contributed by atoms with Gasteiger partial charge in [0, 0.05) is 30.1 Å². The largest absolute Gasteiger partial charge is 0.490 e. The molecular formula is C32H35F3N4O7S. The van der Waals surface area contributed by atoms with Crippen LogP contribution in [0.5, 0.6) is 11.5 Å². The Morgan fingerprint density at radius 1 is 1.02 bits per heavy atom. The number of ether oxygens (including phenoxy) is 2. The Morgan fingerprint density at radius 3 is 2.34 bits per heavy atom. The van der Waals surface area contributed by atoms with Gasteiger partial charge in [-0.3, -0.25) is 4.79 Å². The van der Waals surface area contributed by atoms with E-state index < -0.39 is 28.0 Å². The smallest absolute Gasteiger partial charge is 0.490 e. The number of nitrogen functional groups attached to an aromatic ring is 1. The molecular weight excluding hydrogens is 641 g/mol. The number of carboxylic acids is 1. The predicted octanol–water partition coefficient (Wildman–Crippen LogP) is 5.51. The summed E-state index contributed by atoms with van der Waals surface area (Å²) >= 11 is 0. The number of carbonyl (C=O) groups is 2. The number of halogens is 3. The molecule has 0 saturated carbocycles. The molecule has 3 aromatic carbocycles. The summed E-state index contributed by atoms with van der Waals surface area (Å²) in [4.78, 5) is 26.9. The number of nitrogens with zero attached hydrogens (tertiary/aromatic N) is 1. The number of aliphatic carboxylic acids is 1. The van der Waals surface area contributed by atoms with Gasteiger partial charge in [-0.05, 0) is 85.8 Å². The van der Waals surface area contributed by atoms with Crippen LogP contribution >= 0.6 is 0 Å². The number of aromatic nitrogens is 1. The standard InChI is InChI=1S/C30H34N4O5S.C2HF3O2/c1-5-38-27-17-22(9-12-26(27)39-19(2)3)28(34-23-10-11-25-21(16-23)13-14-32-29(25)31)30(35)33-18-20-7-6-8-24(15-20)40(4,36)37;3-2(4,5)1(6)7/h6-17,19,28,34H,5,18H2,1-4H3,(H2,31,32)(H,33,35);(H,6,7). The zero-order valence-corrected chi connectivity index (χ0v) is 26.8. The van der Waals surface area contributed by atoms with Crippen LogP contribution in [-0.4, -0.2) is 55.5 Å². The molecule has 5 N–H and O–H groups in total. The molecule has 252 valence electrons. The van der Waals surface area contributed by atoms with Gasteiger partial charge in [0.1, 0.15) is 11.9 Å². The first-order valence-corrected chi connectivity index (χ1v) is 16.1. The highest BCUT2D eigenvalue weighted by Crippen LogP contribution is 2.33. The fourth-order valence-corrected chi connectivity index (χ4v) is 4.95. The Labute approximate surface area is 269 Å². The number of sulfone groups is 1. The third kappa shape index (κ3) is 10.5. The number of benzene rings is 3. The molecule has 11 nitrogen and oxygen atoms in total. The molecule has 1 heterocycles. The topological polar surface area (TPSA) is 170 Å². The van der Waals surface area contributed by atoms with Crippen LogP contribution in [0.4, 0.5) is 24.7 Å². The van der Waals surface area contributed by atoms with Gasteiger partial charge < -0.3 is 30.9 Å². The molecule has 0 aliphatic rings. The monoisotopic (exact) mass is 676 g/mol. The number of carboxylic acid groups (broad SMARTS) is 1. The summed E-state index contributed by atoms with van der Waals surface area (Å²) in [7, 11) is -3.37. The van der Waals surface area contributed by atoms with E-state index in [-0.39, 0.29) is 23.5 Å². The molecule has 1 atom stereocenters. The highest BCUT2D eigenvalue weighted by molar-refractivity contribution is 7.90. The molecule has 47 heavy (non-hydrogen) atoms. The first-order valence-electron chi connectivity index (χ1n) is 14.2. The molecule has 4 aromatic rings. The molecule has 1 unspecified atom stereocenters. The maximum atomic E-state index is 13.7. The van der Waals surface area contributed by atoms with Crippen LogP contribution < -0.4 is 25.8 Å². The lowest BCUT2D eigenvalue weighted by atomic mass is 10.0. The molecule has 0 spiro atoms. The van der Waals surface area contributed by atoms with Crippen molar-refractivity contribution in [3.05, 3.63) is 84.1 Å². The lowest BCUT2D eigenvalue weighted by Crippen LogP contribution is -2.33. The molecule has 0 aliphatic heterocycles. The lowest BCUT2D eigenvalue weighted by molar-refractivity contribution is -0.192. The number of anilines is 2. The van der Waals surface area contributed by atoms with Gasteiger partial charge in [0.05, 0.1) is 17.6 Å². The summed E-state index contributed by atoms with van der Waals surface area (Å²) in [5, 5.41) is 15.1. The normalized spacial score (nSPS) is 12.1. The summed E-state index contributed by atoms with van der Waals surface area (Å²) in [5.74, 6) is -1.51. The minimum atomic E-state index is -5.08. The van der Waals surface area contributed by atoms with E-state index in [1.165, 1.54) is 6.07 Å². The number of carbonyl (C=O) groups excluding carboxylic acids is 1. The Morgan fingerprint density at radius 2 is 1.72 bits per heavy atom. The first-order chi connectivity index (χ1) is 22.0. The second-order valence-corrected chi connectivity index (χ2v) is 12.5. The third-order valence-electron chi connectivity index (χ3n) is 6.37. The maximum Gasteiger partial charge on any atom is 0.490 e. The van der Waals surface area contributed by atoms with E-state index in [1.807, 2.05) is 51.1 Å². The summed E-state index contributed by atoms with van der Waals surface area (Å²) in [6.07, 6.45) is -2.34. The van der Waals surface area contributed by atoms with E-state index in [9.17, 15) is 26.4 Å². The van der Waals surface area contributed by atoms with Crippen molar-refractivity contribution in [3.63, 3.8) is 0 Å². The van der Waals surface area contributed by atoms with Gasteiger partial charge in [0.2, 0.25) is 5.91 Å². The minimum absolute atomic E-state index is 0.0514. The maximum absolute atomic E-state index is 13.7. The molecule has 0 saturated heterocycles. The van der Waals surface area contributed by atoms with Crippen LogP contribution in [0.15, 0.2) is 77.8 Å². The van der Waals surface area contributed by atoms with Crippen molar-refractivity contribution < 1.29 is 45.8 Å².